The van der Waals surface area contributed by atoms with Crippen molar-refractivity contribution in [3.8, 4) is 6.07 Å². The molecule has 0 saturated carbocycles. The van der Waals surface area contributed by atoms with Gasteiger partial charge < -0.3 is 20.8 Å². The highest BCUT2D eigenvalue weighted by Crippen LogP contribution is 2.22. The Balaban J connectivity index is 2.75. The number of carboxylic acid groups (broad SMARTS) is 1. The van der Waals surface area contributed by atoms with Crippen molar-refractivity contribution in [3.63, 3.8) is 0 Å². The lowest BCUT2D eigenvalue weighted by Gasteiger charge is -2.14. The lowest BCUT2D eigenvalue weighted by atomic mass is 10.2. The standard InChI is InChI=1S/C12H12ClN3O4/c13-8-2-1-7(6-14)5-10(8)16-12(20)15-9(3-4-17)11(18)19/h1-2,5,9,17H,3-4H2,(H,18,19)(H2,15,16,20)/t9-/m1/s1. The molecule has 1 aromatic rings. The second-order valence-electron chi connectivity index (χ2n) is 3.81. The normalized spacial score (nSPS) is 11.2. The number of carbonyl (C=O) groups is 2. The molecule has 0 radical (unpaired) electrons. The average Bonchev–Trinajstić information content (AvgIpc) is 2.40. The van der Waals surface area contributed by atoms with Gasteiger partial charge in [0, 0.05) is 13.0 Å². The first-order chi connectivity index (χ1) is 9.47. The Kier molecular flexibility index (Phi) is 5.77. The van der Waals surface area contributed by atoms with Crippen LogP contribution in [0.25, 0.3) is 0 Å². The minimum absolute atomic E-state index is 0.116. The van der Waals surface area contributed by atoms with Crippen molar-refractivity contribution in [2.45, 2.75) is 12.5 Å². The van der Waals surface area contributed by atoms with Gasteiger partial charge in [0.25, 0.3) is 0 Å². The summed E-state index contributed by atoms with van der Waals surface area (Å²) in [7, 11) is 0. The third-order valence-electron chi connectivity index (χ3n) is 2.36. The maximum atomic E-state index is 11.6. The fourth-order valence-corrected chi connectivity index (χ4v) is 1.56. The predicted octanol–water partition coefficient (Wildman–Crippen LogP) is 1.17. The second-order valence-corrected chi connectivity index (χ2v) is 4.22. The molecule has 0 heterocycles. The number of urea groups is 1. The van der Waals surface area contributed by atoms with Crippen LogP contribution in [-0.4, -0.2) is 34.9 Å². The molecule has 7 nitrogen and oxygen atoms in total. The van der Waals surface area contributed by atoms with E-state index in [1.807, 2.05) is 6.07 Å². The van der Waals surface area contributed by atoms with Gasteiger partial charge in [-0.1, -0.05) is 11.6 Å². The summed E-state index contributed by atoms with van der Waals surface area (Å²) in [6, 6.07) is 4.18. The van der Waals surface area contributed by atoms with Crippen molar-refractivity contribution >= 4 is 29.3 Å². The third-order valence-corrected chi connectivity index (χ3v) is 2.69. The Morgan fingerprint density at radius 2 is 2.15 bits per heavy atom. The molecule has 0 bridgehead atoms. The summed E-state index contributed by atoms with van der Waals surface area (Å²) in [5, 5.41) is 31.0. The molecule has 0 saturated heterocycles. The minimum Gasteiger partial charge on any atom is -0.480 e. The first kappa shape index (κ1) is 15.8. The molecule has 8 heteroatoms. The van der Waals surface area contributed by atoms with Crippen molar-refractivity contribution in [1.82, 2.24) is 5.32 Å². The van der Waals surface area contributed by atoms with Gasteiger partial charge in [0.05, 0.1) is 22.3 Å². The molecule has 0 aromatic heterocycles. The maximum absolute atomic E-state index is 11.6. The molecular weight excluding hydrogens is 286 g/mol. The van der Waals surface area contributed by atoms with Crippen LogP contribution in [0.15, 0.2) is 18.2 Å². The molecule has 4 N–H and O–H groups in total. The summed E-state index contributed by atoms with van der Waals surface area (Å²) >= 11 is 5.85. The number of benzene rings is 1. The van der Waals surface area contributed by atoms with E-state index in [1.165, 1.54) is 18.2 Å². The number of halogens is 1. The van der Waals surface area contributed by atoms with Gasteiger partial charge in [0.15, 0.2) is 0 Å². The summed E-state index contributed by atoms with van der Waals surface area (Å²) in [5.41, 5.74) is 0.492. The number of amides is 2. The second kappa shape index (κ2) is 7.33. The zero-order valence-electron chi connectivity index (χ0n) is 10.3. The van der Waals surface area contributed by atoms with Gasteiger partial charge in [-0.25, -0.2) is 9.59 Å². The molecule has 2 amide bonds. The van der Waals surface area contributed by atoms with E-state index < -0.39 is 18.0 Å². The van der Waals surface area contributed by atoms with Gasteiger partial charge in [-0.15, -0.1) is 0 Å². The van der Waals surface area contributed by atoms with Crippen molar-refractivity contribution in [2.24, 2.45) is 0 Å². The van der Waals surface area contributed by atoms with Gasteiger partial charge in [-0.3, -0.25) is 0 Å². The number of carbonyl (C=O) groups excluding carboxylic acids is 1. The van der Waals surface area contributed by atoms with E-state index >= 15 is 0 Å². The van der Waals surface area contributed by atoms with E-state index in [4.69, 9.17) is 27.1 Å². The summed E-state index contributed by atoms with van der Waals surface area (Å²) in [6.07, 6.45) is -0.116. The van der Waals surface area contributed by atoms with E-state index in [0.717, 1.165) is 0 Å². The van der Waals surface area contributed by atoms with Crippen LogP contribution >= 0.6 is 11.6 Å². The molecule has 1 atom stereocenters. The lowest BCUT2D eigenvalue weighted by molar-refractivity contribution is -0.139. The predicted molar refractivity (Wildman–Crippen MR) is 71.4 cm³/mol. The van der Waals surface area contributed by atoms with Crippen LogP contribution < -0.4 is 10.6 Å². The number of nitriles is 1. The molecule has 1 rings (SSSR count). The zero-order valence-corrected chi connectivity index (χ0v) is 11.0. The quantitative estimate of drug-likeness (QED) is 0.649. The van der Waals surface area contributed by atoms with Crippen LogP contribution in [-0.2, 0) is 4.79 Å². The third kappa shape index (κ3) is 4.42. The molecule has 20 heavy (non-hydrogen) atoms. The minimum atomic E-state index is -1.26. The van der Waals surface area contributed by atoms with E-state index in [-0.39, 0.29) is 23.7 Å². The number of hydrogen-bond acceptors (Lipinski definition) is 4. The Bertz CT molecular complexity index is 556. The number of aliphatic carboxylic acids is 1. The highest BCUT2D eigenvalue weighted by Gasteiger charge is 2.19. The number of aliphatic hydroxyl groups excluding tert-OH is 1. The SMILES string of the molecule is N#Cc1ccc(Cl)c(NC(=O)N[C@H](CCO)C(=O)O)c1. The largest absolute Gasteiger partial charge is 0.480 e. The Morgan fingerprint density at radius 1 is 1.45 bits per heavy atom. The number of aliphatic hydroxyl groups is 1. The molecule has 0 aliphatic heterocycles. The maximum Gasteiger partial charge on any atom is 0.326 e. The van der Waals surface area contributed by atoms with Crippen LogP contribution in [0.4, 0.5) is 10.5 Å². The first-order valence-electron chi connectivity index (χ1n) is 5.58. The number of nitrogens with one attached hydrogen (secondary N) is 2. The average molecular weight is 298 g/mol. The van der Waals surface area contributed by atoms with Crippen molar-refractivity contribution in [3.05, 3.63) is 28.8 Å². The fraction of sp³-hybridized carbons (Fsp3) is 0.250. The lowest BCUT2D eigenvalue weighted by Crippen LogP contribution is -2.43. The summed E-state index contributed by atoms with van der Waals surface area (Å²) in [6.45, 7) is -0.373. The van der Waals surface area contributed by atoms with Gasteiger partial charge in [-0.05, 0) is 18.2 Å². The number of rotatable bonds is 5. The molecule has 106 valence electrons. The Morgan fingerprint density at radius 3 is 2.70 bits per heavy atom. The highest BCUT2D eigenvalue weighted by atomic mass is 35.5. The van der Waals surface area contributed by atoms with Crippen molar-refractivity contribution < 1.29 is 19.8 Å². The summed E-state index contributed by atoms with van der Waals surface area (Å²) in [4.78, 5) is 22.5. The van der Waals surface area contributed by atoms with Gasteiger partial charge in [0.1, 0.15) is 6.04 Å². The van der Waals surface area contributed by atoms with Crippen LogP contribution in [0.1, 0.15) is 12.0 Å². The Labute approximate surface area is 119 Å². The van der Waals surface area contributed by atoms with Crippen molar-refractivity contribution in [2.75, 3.05) is 11.9 Å². The highest BCUT2D eigenvalue weighted by molar-refractivity contribution is 6.33. The Hall–Kier alpha value is -2.30. The molecule has 0 unspecified atom stereocenters. The first-order valence-corrected chi connectivity index (χ1v) is 5.96. The van der Waals surface area contributed by atoms with Gasteiger partial charge in [-0.2, -0.15) is 5.26 Å². The van der Waals surface area contributed by atoms with Crippen LogP contribution in [0.5, 0.6) is 0 Å². The van der Waals surface area contributed by atoms with Gasteiger partial charge in [0.2, 0.25) is 0 Å². The molecule has 0 fully saturated rings. The number of nitrogens with zero attached hydrogens (tertiary/aromatic N) is 1. The zero-order chi connectivity index (χ0) is 15.1. The number of carboxylic acids is 1. The number of hydrogen-bond donors (Lipinski definition) is 4. The van der Waals surface area contributed by atoms with E-state index in [1.54, 1.807) is 0 Å². The molecular formula is C12H12ClN3O4. The van der Waals surface area contributed by atoms with E-state index in [0.29, 0.717) is 5.56 Å². The summed E-state index contributed by atoms with van der Waals surface area (Å²) < 4.78 is 0. The molecule has 1 aromatic carbocycles. The molecule has 0 aliphatic carbocycles. The topological polar surface area (TPSA) is 122 Å². The fourth-order valence-electron chi connectivity index (χ4n) is 1.39. The van der Waals surface area contributed by atoms with Crippen LogP contribution in [0, 0.1) is 11.3 Å². The van der Waals surface area contributed by atoms with Crippen LogP contribution in [0.3, 0.4) is 0 Å². The van der Waals surface area contributed by atoms with E-state index in [2.05, 4.69) is 10.6 Å². The smallest absolute Gasteiger partial charge is 0.326 e. The van der Waals surface area contributed by atoms with Gasteiger partial charge >= 0.3 is 12.0 Å². The molecule has 0 spiro atoms. The van der Waals surface area contributed by atoms with Crippen LogP contribution in [0.2, 0.25) is 5.02 Å². The van der Waals surface area contributed by atoms with Crippen molar-refractivity contribution in [1.29, 1.82) is 5.26 Å². The van der Waals surface area contributed by atoms with E-state index in [9.17, 15) is 9.59 Å². The monoisotopic (exact) mass is 297 g/mol. The number of anilines is 1. The molecule has 0 aliphatic rings. The summed E-state index contributed by atoms with van der Waals surface area (Å²) in [5.74, 6) is -1.26.